The first kappa shape index (κ1) is 13.9. The van der Waals surface area contributed by atoms with Crippen LogP contribution in [0.1, 0.15) is 12.5 Å². The molecule has 0 radical (unpaired) electrons. The van der Waals surface area contributed by atoms with E-state index in [1.54, 1.807) is 19.4 Å². The Balaban J connectivity index is 2.01. The summed E-state index contributed by atoms with van der Waals surface area (Å²) in [5.74, 6) is 1.74. The van der Waals surface area contributed by atoms with Crippen LogP contribution in [0, 0.1) is 0 Å². The summed E-state index contributed by atoms with van der Waals surface area (Å²) in [4.78, 5) is 8.37. The average Bonchev–Trinajstić information content (AvgIpc) is 2.46. The summed E-state index contributed by atoms with van der Waals surface area (Å²) in [6.07, 6.45) is 1.66. The maximum Gasteiger partial charge on any atom is 0.226 e. The van der Waals surface area contributed by atoms with Crippen LogP contribution in [0.15, 0.2) is 30.5 Å². The predicted octanol–water partition coefficient (Wildman–Crippen LogP) is 2.08. The number of nitrogen functional groups attached to an aromatic ring is 1. The maximum atomic E-state index is 5.86. The van der Waals surface area contributed by atoms with Crippen molar-refractivity contribution in [2.45, 2.75) is 13.5 Å². The molecule has 0 aliphatic heterocycles. The molecule has 20 heavy (non-hydrogen) atoms. The lowest BCUT2D eigenvalue weighted by Gasteiger charge is -2.09. The van der Waals surface area contributed by atoms with Gasteiger partial charge < -0.3 is 20.5 Å². The normalized spacial score (nSPS) is 10.1. The number of benzene rings is 1. The lowest BCUT2D eigenvalue weighted by Crippen LogP contribution is -2.05. The SMILES string of the molecule is CCOc1ccnc(NCc2ccc(OC)c(N)c2)n1. The zero-order valence-corrected chi connectivity index (χ0v) is 11.6. The number of hydrogen-bond acceptors (Lipinski definition) is 6. The lowest BCUT2D eigenvalue weighted by molar-refractivity contribution is 0.326. The Kier molecular flexibility index (Phi) is 4.60. The first-order chi connectivity index (χ1) is 9.72. The number of nitrogens with one attached hydrogen (secondary N) is 1. The standard InChI is InChI=1S/C14H18N4O2/c1-3-20-13-6-7-16-14(18-13)17-9-10-4-5-12(19-2)11(15)8-10/h4-8H,3,9,15H2,1-2H3,(H,16,17,18). The van der Waals surface area contributed by atoms with Crippen LogP contribution in [0.25, 0.3) is 0 Å². The molecule has 0 bridgehead atoms. The van der Waals surface area contributed by atoms with Crippen molar-refractivity contribution in [3.63, 3.8) is 0 Å². The van der Waals surface area contributed by atoms with E-state index in [9.17, 15) is 0 Å². The molecule has 2 aromatic rings. The van der Waals surface area contributed by atoms with Crippen molar-refractivity contribution in [1.82, 2.24) is 9.97 Å². The Labute approximate surface area is 118 Å². The van der Waals surface area contributed by atoms with Crippen LogP contribution in [0.5, 0.6) is 11.6 Å². The van der Waals surface area contributed by atoms with Gasteiger partial charge in [0.15, 0.2) is 0 Å². The van der Waals surface area contributed by atoms with Gasteiger partial charge in [-0.05, 0) is 24.6 Å². The van der Waals surface area contributed by atoms with E-state index >= 15 is 0 Å². The molecule has 0 unspecified atom stereocenters. The van der Waals surface area contributed by atoms with Crippen molar-refractivity contribution >= 4 is 11.6 Å². The van der Waals surface area contributed by atoms with E-state index in [0.29, 0.717) is 36.4 Å². The molecule has 1 aromatic heterocycles. The Morgan fingerprint density at radius 3 is 2.85 bits per heavy atom. The topological polar surface area (TPSA) is 82.3 Å². The first-order valence-electron chi connectivity index (χ1n) is 6.35. The molecule has 0 fully saturated rings. The Morgan fingerprint density at radius 1 is 1.30 bits per heavy atom. The van der Waals surface area contributed by atoms with Gasteiger partial charge in [0.2, 0.25) is 11.8 Å². The fourth-order valence-electron chi connectivity index (χ4n) is 1.73. The highest BCUT2D eigenvalue weighted by atomic mass is 16.5. The van der Waals surface area contributed by atoms with E-state index in [1.165, 1.54) is 0 Å². The van der Waals surface area contributed by atoms with Crippen LogP contribution >= 0.6 is 0 Å². The predicted molar refractivity (Wildman–Crippen MR) is 77.9 cm³/mol. The molecule has 0 aliphatic rings. The minimum absolute atomic E-state index is 0.519. The monoisotopic (exact) mass is 274 g/mol. The molecule has 0 amide bonds. The summed E-state index contributed by atoms with van der Waals surface area (Å²) in [7, 11) is 1.59. The Hall–Kier alpha value is -2.50. The minimum atomic E-state index is 0.519. The molecular formula is C14H18N4O2. The molecule has 0 spiro atoms. The molecule has 1 aromatic carbocycles. The van der Waals surface area contributed by atoms with Crippen LogP contribution in [0.4, 0.5) is 11.6 Å². The second kappa shape index (κ2) is 6.60. The van der Waals surface area contributed by atoms with Crippen molar-refractivity contribution in [3.05, 3.63) is 36.0 Å². The van der Waals surface area contributed by atoms with Crippen LogP contribution in [0.2, 0.25) is 0 Å². The van der Waals surface area contributed by atoms with Gasteiger partial charge in [0.1, 0.15) is 5.75 Å². The van der Waals surface area contributed by atoms with Crippen molar-refractivity contribution in [2.24, 2.45) is 0 Å². The van der Waals surface area contributed by atoms with Crippen LogP contribution in [-0.4, -0.2) is 23.7 Å². The average molecular weight is 274 g/mol. The van der Waals surface area contributed by atoms with E-state index in [-0.39, 0.29) is 0 Å². The highest BCUT2D eigenvalue weighted by Crippen LogP contribution is 2.22. The molecule has 106 valence electrons. The smallest absolute Gasteiger partial charge is 0.226 e. The number of ether oxygens (including phenoxy) is 2. The summed E-state index contributed by atoms with van der Waals surface area (Å²) >= 11 is 0. The number of aromatic nitrogens is 2. The van der Waals surface area contributed by atoms with E-state index in [4.69, 9.17) is 15.2 Å². The molecule has 0 aliphatic carbocycles. The minimum Gasteiger partial charge on any atom is -0.495 e. The van der Waals surface area contributed by atoms with Gasteiger partial charge in [-0.3, -0.25) is 0 Å². The fraction of sp³-hybridized carbons (Fsp3) is 0.286. The molecule has 0 atom stereocenters. The van der Waals surface area contributed by atoms with Crippen molar-refractivity contribution < 1.29 is 9.47 Å². The van der Waals surface area contributed by atoms with E-state index < -0.39 is 0 Å². The Morgan fingerprint density at radius 2 is 2.15 bits per heavy atom. The van der Waals surface area contributed by atoms with Gasteiger partial charge in [-0.1, -0.05) is 6.07 Å². The van der Waals surface area contributed by atoms with Gasteiger partial charge in [-0.25, -0.2) is 4.98 Å². The summed E-state index contributed by atoms with van der Waals surface area (Å²) < 4.78 is 10.4. The van der Waals surface area contributed by atoms with Crippen molar-refractivity contribution in [1.29, 1.82) is 0 Å². The van der Waals surface area contributed by atoms with Gasteiger partial charge in [-0.15, -0.1) is 0 Å². The molecule has 0 saturated carbocycles. The third-order valence-corrected chi connectivity index (χ3v) is 2.67. The highest BCUT2D eigenvalue weighted by Gasteiger charge is 2.03. The first-order valence-corrected chi connectivity index (χ1v) is 6.35. The molecule has 1 heterocycles. The zero-order valence-electron chi connectivity index (χ0n) is 11.6. The molecule has 6 heteroatoms. The van der Waals surface area contributed by atoms with Gasteiger partial charge in [0, 0.05) is 18.8 Å². The molecule has 6 nitrogen and oxygen atoms in total. The summed E-state index contributed by atoms with van der Waals surface area (Å²) in [5.41, 5.74) is 7.49. The molecule has 0 saturated heterocycles. The largest absolute Gasteiger partial charge is 0.495 e. The lowest BCUT2D eigenvalue weighted by atomic mass is 10.2. The number of hydrogen-bond donors (Lipinski definition) is 2. The molecular weight excluding hydrogens is 256 g/mol. The number of nitrogens with zero attached hydrogens (tertiary/aromatic N) is 2. The van der Waals surface area contributed by atoms with Gasteiger partial charge >= 0.3 is 0 Å². The van der Waals surface area contributed by atoms with Crippen LogP contribution in [0.3, 0.4) is 0 Å². The summed E-state index contributed by atoms with van der Waals surface area (Å²) in [6, 6.07) is 7.36. The number of rotatable bonds is 6. The van der Waals surface area contributed by atoms with Gasteiger partial charge in [0.25, 0.3) is 0 Å². The number of methoxy groups -OCH3 is 1. The highest BCUT2D eigenvalue weighted by molar-refractivity contribution is 5.54. The molecule has 3 N–H and O–H groups in total. The number of anilines is 2. The second-order valence-electron chi connectivity index (χ2n) is 4.08. The fourth-order valence-corrected chi connectivity index (χ4v) is 1.73. The quantitative estimate of drug-likeness (QED) is 0.785. The third-order valence-electron chi connectivity index (χ3n) is 2.67. The van der Waals surface area contributed by atoms with Crippen molar-refractivity contribution in [3.8, 4) is 11.6 Å². The van der Waals surface area contributed by atoms with Crippen LogP contribution in [-0.2, 0) is 6.54 Å². The zero-order chi connectivity index (χ0) is 14.4. The molecule has 2 rings (SSSR count). The van der Waals surface area contributed by atoms with Crippen LogP contribution < -0.4 is 20.5 Å². The van der Waals surface area contributed by atoms with Crippen molar-refractivity contribution in [2.75, 3.05) is 24.8 Å². The second-order valence-corrected chi connectivity index (χ2v) is 4.08. The summed E-state index contributed by atoms with van der Waals surface area (Å²) in [5, 5.41) is 3.13. The van der Waals surface area contributed by atoms with E-state index in [2.05, 4.69) is 15.3 Å². The Bertz CT molecular complexity index is 575. The summed E-state index contributed by atoms with van der Waals surface area (Å²) in [6.45, 7) is 3.06. The number of nitrogens with two attached hydrogens (primary N) is 1. The maximum absolute atomic E-state index is 5.86. The third kappa shape index (κ3) is 3.50. The van der Waals surface area contributed by atoms with E-state index in [1.807, 2.05) is 25.1 Å². The van der Waals surface area contributed by atoms with Gasteiger partial charge in [-0.2, -0.15) is 4.98 Å². The van der Waals surface area contributed by atoms with E-state index in [0.717, 1.165) is 5.56 Å². The van der Waals surface area contributed by atoms with Gasteiger partial charge in [0.05, 0.1) is 19.4 Å².